The Morgan fingerprint density at radius 2 is 1.94 bits per heavy atom. The highest BCUT2D eigenvalue weighted by Crippen LogP contribution is 2.25. The normalized spacial score (nSPS) is 16.2. The summed E-state index contributed by atoms with van der Waals surface area (Å²) >= 11 is 1.42. The molecule has 2 heterocycles. The molecule has 3 rings (SSSR count). The van der Waals surface area contributed by atoms with Crippen LogP contribution in [0.3, 0.4) is 0 Å². The molecule has 1 aliphatic rings. The molecule has 1 aliphatic heterocycles. The lowest BCUT2D eigenvalue weighted by Crippen LogP contribution is -2.36. The van der Waals surface area contributed by atoms with Crippen LogP contribution < -0.4 is 9.68 Å². The third-order valence-corrected chi connectivity index (χ3v) is 4.31. The van der Waals surface area contributed by atoms with Gasteiger partial charge in [-0.05, 0) is 29.7 Å². The van der Waals surface area contributed by atoms with Gasteiger partial charge in [0.15, 0.2) is 0 Å². The number of fused-ring (bicyclic) bond motifs is 1. The zero-order valence-corrected chi connectivity index (χ0v) is 10.7. The Balaban J connectivity index is 1.94. The molecular formula is C12H14BNO3S. The Morgan fingerprint density at radius 1 is 1.17 bits per heavy atom. The second-order valence-corrected chi connectivity index (χ2v) is 5.46. The van der Waals surface area contributed by atoms with Gasteiger partial charge in [0, 0.05) is 28.3 Å². The van der Waals surface area contributed by atoms with Crippen LogP contribution in [0.25, 0.3) is 10.1 Å². The largest absolute Gasteiger partial charge is 0.499 e. The predicted molar refractivity (Wildman–Crippen MR) is 74.7 cm³/mol. The summed E-state index contributed by atoms with van der Waals surface area (Å²) in [5.74, 6) is 0. The van der Waals surface area contributed by atoms with Crippen LogP contribution >= 0.6 is 11.3 Å². The highest BCUT2D eigenvalue weighted by atomic mass is 32.1. The first-order chi connectivity index (χ1) is 8.74. The van der Waals surface area contributed by atoms with E-state index in [1.165, 1.54) is 17.0 Å². The Bertz CT molecular complexity index is 551. The molecule has 2 aromatic rings. The molecule has 1 aromatic carbocycles. The van der Waals surface area contributed by atoms with Crippen LogP contribution in [0.4, 0.5) is 5.69 Å². The summed E-state index contributed by atoms with van der Waals surface area (Å²) in [6, 6.07) is 8.06. The van der Waals surface area contributed by atoms with Crippen LogP contribution in [-0.4, -0.2) is 43.5 Å². The van der Waals surface area contributed by atoms with Crippen molar-refractivity contribution < 1.29 is 14.8 Å². The third-order valence-electron chi connectivity index (χ3n) is 3.15. The van der Waals surface area contributed by atoms with Crippen molar-refractivity contribution in [2.75, 3.05) is 31.2 Å². The lowest BCUT2D eigenvalue weighted by molar-refractivity contribution is 0.122. The minimum Gasteiger partial charge on any atom is -0.423 e. The summed E-state index contributed by atoms with van der Waals surface area (Å²) in [5.41, 5.74) is 1.17. The number of thiophene rings is 1. The molecule has 1 saturated heterocycles. The molecule has 0 aliphatic carbocycles. The van der Waals surface area contributed by atoms with Gasteiger partial charge >= 0.3 is 7.12 Å². The molecule has 94 valence electrons. The van der Waals surface area contributed by atoms with Gasteiger partial charge in [-0.25, -0.2) is 0 Å². The maximum absolute atomic E-state index is 9.18. The van der Waals surface area contributed by atoms with Gasteiger partial charge in [0.05, 0.1) is 13.2 Å². The van der Waals surface area contributed by atoms with Crippen molar-refractivity contribution in [1.29, 1.82) is 0 Å². The van der Waals surface area contributed by atoms with Gasteiger partial charge in [-0.3, -0.25) is 0 Å². The second-order valence-electron chi connectivity index (χ2n) is 4.34. The number of ether oxygens (including phenoxy) is 1. The van der Waals surface area contributed by atoms with Crippen molar-refractivity contribution in [3.05, 3.63) is 24.3 Å². The fourth-order valence-corrected chi connectivity index (χ4v) is 3.11. The Hall–Kier alpha value is -1.08. The van der Waals surface area contributed by atoms with Crippen molar-refractivity contribution >= 4 is 39.0 Å². The molecule has 0 unspecified atom stereocenters. The quantitative estimate of drug-likeness (QED) is 0.771. The number of hydrogen-bond donors (Lipinski definition) is 2. The number of anilines is 1. The first-order valence-electron chi connectivity index (χ1n) is 5.96. The van der Waals surface area contributed by atoms with Crippen LogP contribution in [0.2, 0.25) is 0 Å². The van der Waals surface area contributed by atoms with Gasteiger partial charge in [0.2, 0.25) is 0 Å². The molecule has 0 spiro atoms. The average Bonchev–Trinajstić information content (AvgIpc) is 2.82. The molecule has 1 fully saturated rings. The fraction of sp³-hybridized carbons (Fsp3) is 0.333. The van der Waals surface area contributed by atoms with Crippen molar-refractivity contribution in [2.45, 2.75) is 0 Å². The first kappa shape index (κ1) is 12.0. The topological polar surface area (TPSA) is 52.9 Å². The summed E-state index contributed by atoms with van der Waals surface area (Å²) < 4.78 is 7.00. The molecule has 6 heteroatoms. The highest BCUT2D eigenvalue weighted by molar-refractivity contribution is 7.27. The SMILES string of the molecule is OB(O)c1cc2cc(N3CCOCC3)ccc2s1. The average molecular weight is 263 g/mol. The van der Waals surface area contributed by atoms with E-state index < -0.39 is 7.12 Å². The number of benzene rings is 1. The van der Waals surface area contributed by atoms with Crippen molar-refractivity contribution in [3.63, 3.8) is 0 Å². The molecule has 0 radical (unpaired) electrons. The highest BCUT2D eigenvalue weighted by Gasteiger charge is 2.16. The van der Waals surface area contributed by atoms with Crippen molar-refractivity contribution in [1.82, 2.24) is 0 Å². The van der Waals surface area contributed by atoms with E-state index in [0.29, 0.717) is 4.78 Å². The standard InChI is InChI=1S/C12H14BNO3S/c15-13(16)12-8-9-7-10(1-2-11(9)18-12)14-3-5-17-6-4-14/h1-2,7-8,15-16H,3-6H2. The molecule has 0 amide bonds. The zero-order chi connectivity index (χ0) is 12.5. The summed E-state index contributed by atoms with van der Waals surface area (Å²) in [6.07, 6.45) is 0. The van der Waals surface area contributed by atoms with Gasteiger partial charge in [0.25, 0.3) is 0 Å². The molecule has 2 N–H and O–H groups in total. The van der Waals surface area contributed by atoms with E-state index in [0.717, 1.165) is 36.4 Å². The van der Waals surface area contributed by atoms with Crippen LogP contribution in [0.1, 0.15) is 0 Å². The molecule has 18 heavy (non-hydrogen) atoms. The summed E-state index contributed by atoms with van der Waals surface area (Å²) in [6.45, 7) is 3.35. The van der Waals surface area contributed by atoms with Gasteiger partial charge in [-0.15, -0.1) is 11.3 Å². The van der Waals surface area contributed by atoms with Gasteiger partial charge in [-0.2, -0.15) is 0 Å². The third kappa shape index (κ3) is 2.24. The predicted octanol–water partition coefficient (Wildman–Crippen LogP) is 0.418. The van der Waals surface area contributed by atoms with E-state index in [1.807, 2.05) is 12.1 Å². The van der Waals surface area contributed by atoms with E-state index in [1.54, 1.807) is 0 Å². The van der Waals surface area contributed by atoms with Crippen molar-refractivity contribution in [3.8, 4) is 0 Å². The summed E-state index contributed by atoms with van der Waals surface area (Å²) in [4.78, 5) is 2.29. The molecule has 0 bridgehead atoms. The zero-order valence-electron chi connectivity index (χ0n) is 9.87. The first-order valence-corrected chi connectivity index (χ1v) is 6.78. The maximum Gasteiger partial charge on any atom is 0.499 e. The fourth-order valence-electron chi connectivity index (χ4n) is 2.20. The molecule has 1 aromatic heterocycles. The minimum atomic E-state index is -1.38. The maximum atomic E-state index is 9.18. The monoisotopic (exact) mass is 263 g/mol. The van der Waals surface area contributed by atoms with Gasteiger partial charge in [0.1, 0.15) is 0 Å². The van der Waals surface area contributed by atoms with E-state index in [-0.39, 0.29) is 0 Å². The Labute approximate surface area is 110 Å². The number of rotatable bonds is 2. The lowest BCUT2D eigenvalue weighted by atomic mass is 9.89. The van der Waals surface area contributed by atoms with E-state index in [2.05, 4.69) is 17.0 Å². The smallest absolute Gasteiger partial charge is 0.423 e. The Morgan fingerprint density at radius 3 is 2.67 bits per heavy atom. The van der Waals surface area contributed by atoms with E-state index in [4.69, 9.17) is 4.74 Å². The van der Waals surface area contributed by atoms with Crippen LogP contribution in [-0.2, 0) is 4.74 Å². The van der Waals surface area contributed by atoms with Crippen LogP contribution in [0.5, 0.6) is 0 Å². The van der Waals surface area contributed by atoms with E-state index in [9.17, 15) is 10.0 Å². The molecule has 0 saturated carbocycles. The molecular weight excluding hydrogens is 249 g/mol. The van der Waals surface area contributed by atoms with Gasteiger partial charge in [-0.1, -0.05) is 0 Å². The molecule has 4 nitrogen and oxygen atoms in total. The minimum absolute atomic E-state index is 0.587. The summed E-state index contributed by atoms with van der Waals surface area (Å²) in [5, 5.41) is 19.4. The number of nitrogens with zero attached hydrogens (tertiary/aromatic N) is 1. The lowest BCUT2D eigenvalue weighted by Gasteiger charge is -2.28. The van der Waals surface area contributed by atoms with E-state index >= 15 is 0 Å². The van der Waals surface area contributed by atoms with Gasteiger partial charge < -0.3 is 19.7 Å². The Kier molecular flexibility index (Phi) is 3.26. The number of morpholine rings is 1. The second kappa shape index (κ2) is 4.89. The van der Waals surface area contributed by atoms with Crippen LogP contribution in [0.15, 0.2) is 24.3 Å². The number of hydrogen-bond acceptors (Lipinski definition) is 5. The van der Waals surface area contributed by atoms with Crippen molar-refractivity contribution in [2.24, 2.45) is 0 Å². The van der Waals surface area contributed by atoms with Crippen LogP contribution in [0, 0.1) is 0 Å². The summed E-state index contributed by atoms with van der Waals surface area (Å²) in [7, 11) is -1.38. The molecule has 0 atom stereocenters.